The van der Waals surface area contributed by atoms with Gasteiger partial charge in [-0.15, -0.1) is 0 Å². The number of rotatable bonds is 2. The average Bonchev–Trinajstić information content (AvgIpc) is 2.48. The molecule has 1 aliphatic carbocycles. The third-order valence-corrected chi connectivity index (χ3v) is 4.20. The molecule has 1 fully saturated rings. The molecule has 94 valence electrons. The van der Waals surface area contributed by atoms with E-state index in [9.17, 15) is 5.11 Å². The zero-order valence-corrected chi connectivity index (χ0v) is 12.7. The zero-order chi connectivity index (χ0) is 12.3. The molecule has 0 radical (unpaired) electrons. The van der Waals surface area contributed by atoms with Gasteiger partial charge in [-0.25, -0.2) is 0 Å². The fourth-order valence-electron chi connectivity index (χ4n) is 2.13. The van der Waals surface area contributed by atoms with Crippen molar-refractivity contribution in [2.45, 2.75) is 44.3 Å². The van der Waals surface area contributed by atoms with Crippen LogP contribution in [0.25, 0.3) is 0 Å². The standard InChI is InChI=1S/C13H16Br2O2/c14-9-6-7-12(10(15)8-9)17-13-5-3-1-2-4-11(13)16/h6-8,11,13,16H,1-5H2. The molecule has 0 saturated heterocycles. The Morgan fingerprint density at radius 3 is 2.65 bits per heavy atom. The van der Waals surface area contributed by atoms with E-state index in [2.05, 4.69) is 31.9 Å². The second kappa shape index (κ2) is 6.21. The molecular formula is C13H16Br2O2. The summed E-state index contributed by atoms with van der Waals surface area (Å²) in [5.41, 5.74) is 0. The molecule has 2 rings (SSSR count). The van der Waals surface area contributed by atoms with E-state index in [1.165, 1.54) is 6.42 Å². The fraction of sp³-hybridized carbons (Fsp3) is 0.538. The molecule has 0 heterocycles. The molecule has 1 saturated carbocycles. The summed E-state index contributed by atoms with van der Waals surface area (Å²) in [6.45, 7) is 0. The summed E-state index contributed by atoms with van der Waals surface area (Å²) in [4.78, 5) is 0. The van der Waals surface area contributed by atoms with Gasteiger partial charge in [0.05, 0.1) is 10.6 Å². The van der Waals surface area contributed by atoms with Crippen LogP contribution in [0.2, 0.25) is 0 Å². The van der Waals surface area contributed by atoms with Crippen molar-refractivity contribution in [3.8, 4) is 5.75 Å². The maximum absolute atomic E-state index is 10.0. The predicted octanol–water partition coefficient (Wildman–Crippen LogP) is 4.28. The Morgan fingerprint density at radius 2 is 1.88 bits per heavy atom. The van der Waals surface area contributed by atoms with Crippen LogP contribution in [-0.4, -0.2) is 17.3 Å². The topological polar surface area (TPSA) is 29.5 Å². The molecule has 0 amide bonds. The van der Waals surface area contributed by atoms with Crippen LogP contribution in [0.1, 0.15) is 32.1 Å². The summed E-state index contributed by atoms with van der Waals surface area (Å²) in [6, 6.07) is 5.83. The van der Waals surface area contributed by atoms with Crippen molar-refractivity contribution in [1.29, 1.82) is 0 Å². The fourth-order valence-corrected chi connectivity index (χ4v) is 3.27. The Bertz CT molecular complexity index is 382. The quantitative estimate of drug-likeness (QED) is 0.794. The van der Waals surface area contributed by atoms with E-state index in [4.69, 9.17) is 4.74 Å². The molecule has 2 atom stereocenters. The van der Waals surface area contributed by atoms with Crippen LogP contribution in [-0.2, 0) is 0 Å². The first-order valence-corrected chi connectivity index (χ1v) is 7.55. The third kappa shape index (κ3) is 3.70. The summed E-state index contributed by atoms with van der Waals surface area (Å²) >= 11 is 6.89. The van der Waals surface area contributed by atoms with Crippen molar-refractivity contribution >= 4 is 31.9 Å². The average molecular weight is 364 g/mol. The second-order valence-electron chi connectivity index (χ2n) is 4.44. The lowest BCUT2D eigenvalue weighted by Crippen LogP contribution is -2.30. The summed E-state index contributed by atoms with van der Waals surface area (Å²) in [6.07, 6.45) is 4.79. The predicted molar refractivity (Wildman–Crippen MR) is 75.3 cm³/mol. The van der Waals surface area contributed by atoms with Crippen molar-refractivity contribution in [3.05, 3.63) is 27.1 Å². The first-order chi connectivity index (χ1) is 8.16. The molecule has 2 unspecified atom stereocenters. The maximum Gasteiger partial charge on any atom is 0.134 e. The number of aliphatic hydroxyl groups is 1. The van der Waals surface area contributed by atoms with Crippen LogP contribution < -0.4 is 4.74 Å². The highest BCUT2D eigenvalue weighted by atomic mass is 79.9. The number of hydrogen-bond donors (Lipinski definition) is 1. The molecule has 17 heavy (non-hydrogen) atoms. The number of aliphatic hydroxyl groups excluding tert-OH is 1. The minimum atomic E-state index is -0.340. The molecule has 0 aromatic heterocycles. The zero-order valence-electron chi connectivity index (χ0n) is 9.53. The van der Waals surface area contributed by atoms with Crippen molar-refractivity contribution < 1.29 is 9.84 Å². The van der Waals surface area contributed by atoms with Gasteiger partial charge in [0.2, 0.25) is 0 Å². The molecule has 0 aliphatic heterocycles. The number of ether oxygens (including phenoxy) is 1. The molecule has 2 nitrogen and oxygen atoms in total. The smallest absolute Gasteiger partial charge is 0.134 e. The van der Waals surface area contributed by atoms with E-state index in [0.717, 1.165) is 40.4 Å². The van der Waals surface area contributed by atoms with E-state index in [1.54, 1.807) is 0 Å². The lowest BCUT2D eigenvalue weighted by molar-refractivity contribution is 0.0315. The number of halogens is 2. The van der Waals surface area contributed by atoms with E-state index in [-0.39, 0.29) is 12.2 Å². The monoisotopic (exact) mass is 362 g/mol. The normalized spacial score (nSPS) is 25.4. The van der Waals surface area contributed by atoms with Gasteiger partial charge in [0, 0.05) is 4.47 Å². The lowest BCUT2D eigenvalue weighted by atomic mass is 10.1. The lowest BCUT2D eigenvalue weighted by Gasteiger charge is -2.22. The van der Waals surface area contributed by atoms with Crippen molar-refractivity contribution in [1.82, 2.24) is 0 Å². The van der Waals surface area contributed by atoms with Gasteiger partial charge >= 0.3 is 0 Å². The van der Waals surface area contributed by atoms with Gasteiger partial charge < -0.3 is 9.84 Å². The van der Waals surface area contributed by atoms with E-state index < -0.39 is 0 Å². The summed E-state index contributed by atoms with van der Waals surface area (Å²) in [5.74, 6) is 0.805. The van der Waals surface area contributed by atoms with Crippen LogP contribution in [0.15, 0.2) is 27.1 Å². The second-order valence-corrected chi connectivity index (χ2v) is 6.21. The van der Waals surface area contributed by atoms with Gasteiger partial charge in [0.1, 0.15) is 11.9 Å². The van der Waals surface area contributed by atoms with Crippen molar-refractivity contribution in [3.63, 3.8) is 0 Å². The minimum Gasteiger partial charge on any atom is -0.487 e. The van der Waals surface area contributed by atoms with Crippen LogP contribution in [0.4, 0.5) is 0 Å². The van der Waals surface area contributed by atoms with Gasteiger partial charge in [0.15, 0.2) is 0 Å². The van der Waals surface area contributed by atoms with E-state index in [0.29, 0.717) is 0 Å². The first kappa shape index (κ1) is 13.4. The van der Waals surface area contributed by atoms with Gasteiger partial charge in [0.25, 0.3) is 0 Å². The Hall–Kier alpha value is -0.0600. The van der Waals surface area contributed by atoms with Gasteiger partial charge in [-0.2, -0.15) is 0 Å². The maximum atomic E-state index is 10.0. The molecule has 4 heteroatoms. The molecule has 1 aliphatic rings. The highest BCUT2D eigenvalue weighted by Crippen LogP contribution is 2.31. The number of hydrogen-bond acceptors (Lipinski definition) is 2. The summed E-state index contributed by atoms with van der Waals surface area (Å²) in [7, 11) is 0. The van der Waals surface area contributed by atoms with Gasteiger partial charge in [-0.1, -0.05) is 28.8 Å². The summed E-state index contributed by atoms with van der Waals surface area (Å²) < 4.78 is 7.85. The molecular weight excluding hydrogens is 348 g/mol. The largest absolute Gasteiger partial charge is 0.487 e. The van der Waals surface area contributed by atoms with E-state index in [1.807, 2.05) is 18.2 Å². The van der Waals surface area contributed by atoms with E-state index >= 15 is 0 Å². The highest BCUT2D eigenvalue weighted by Gasteiger charge is 2.23. The third-order valence-electron chi connectivity index (χ3n) is 3.09. The van der Waals surface area contributed by atoms with Crippen molar-refractivity contribution in [2.75, 3.05) is 0 Å². The van der Waals surface area contributed by atoms with Crippen LogP contribution in [0, 0.1) is 0 Å². The molecule has 1 N–H and O–H groups in total. The molecule has 0 bridgehead atoms. The Balaban J connectivity index is 2.08. The number of benzene rings is 1. The SMILES string of the molecule is OC1CCCCCC1Oc1ccc(Br)cc1Br. The Kier molecular flexibility index (Phi) is 4.88. The molecule has 1 aromatic rings. The highest BCUT2D eigenvalue weighted by molar-refractivity contribution is 9.11. The van der Waals surface area contributed by atoms with Crippen LogP contribution in [0.5, 0.6) is 5.75 Å². The van der Waals surface area contributed by atoms with Crippen LogP contribution in [0.3, 0.4) is 0 Å². The van der Waals surface area contributed by atoms with Crippen LogP contribution >= 0.6 is 31.9 Å². The Labute approximate surface area is 119 Å². The first-order valence-electron chi connectivity index (χ1n) is 5.96. The minimum absolute atomic E-state index is 0.0741. The Morgan fingerprint density at radius 1 is 1.12 bits per heavy atom. The molecule has 1 aromatic carbocycles. The van der Waals surface area contributed by atoms with Crippen molar-refractivity contribution in [2.24, 2.45) is 0 Å². The van der Waals surface area contributed by atoms with Gasteiger partial charge in [-0.05, 0) is 53.4 Å². The molecule has 0 spiro atoms. The van der Waals surface area contributed by atoms with Gasteiger partial charge in [-0.3, -0.25) is 0 Å². The summed E-state index contributed by atoms with van der Waals surface area (Å²) in [5, 5.41) is 10.0.